The van der Waals surface area contributed by atoms with Crippen molar-refractivity contribution in [1.29, 1.82) is 0 Å². The first-order chi connectivity index (χ1) is 26.6. The number of carbonyl (C=O) groups excluding carboxylic acids is 4. The number of alkyl carbamates (subject to hydrolysis) is 1. The van der Waals surface area contributed by atoms with Crippen molar-refractivity contribution in [2.45, 2.75) is 145 Å². The number of benzene rings is 1. The molecule has 1 aromatic carbocycles. The monoisotopic (exact) mass is 789 g/mol. The molecule has 4 amide bonds. The Morgan fingerprint density at radius 1 is 1.02 bits per heavy atom. The second kappa shape index (κ2) is 15.5. The third kappa shape index (κ3) is 8.59. The van der Waals surface area contributed by atoms with Gasteiger partial charge in [0.05, 0.1) is 17.0 Å². The molecule has 2 aromatic rings. The first-order valence-electron chi connectivity index (χ1n) is 20.2. The Labute approximate surface area is 329 Å². The highest BCUT2D eigenvalue weighted by molar-refractivity contribution is 7.91. The number of nitrogens with zero attached hydrogens (tertiary/aromatic N) is 2. The number of fused-ring (bicyclic) bond motifs is 3. The summed E-state index contributed by atoms with van der Waals surface area (Å²) in [5, 5.41) is 5.71. The van der Waals surface area contributed by atoms with Crippen molar-refractivity contribution in [2.75, 3.05) is 6.54 Å². The molecular weight excluding hydrogens is 735 g/mol. The molecule has 0 radical (unpaired) electrons. The van der Waals surface area contributed by atoms with E-state index in [1.54, 1.807) is 27.7 Å². The van der Waals surface area contributed by atoms with Crippen LogP contribution in [0.15, 0.2) is 48.6 Å². The molecule has 2 saturated carbocycles. The van der Waals surface area contributed by atoms with Crippen LogP contribution in [0.1, 0.15) is 109 Å². The molecule has 3 heterocycles. The smallest absolute Gasteiger partial charge is 0.408 e. The van der Waals surface area contributed by atoms with Crippen LogP contribution in [0, 0.1) is 5.92 Å². The van der Waals surface area contributed by atoms with Crippen molar-refractivity contribution in [1.82, 2.24) is 25.2 Å². The summed E-state index contributed by atoms with van der Waals surface area (Å²) in [7, 11) is -3.98. The average Bonchev–Trinajstić information content (AvgIpc) is 4.03. The number of ether oxygens (including phenoxy) is 2. The van der Waals surface area contributed by atoms with Gasteiger partial charge >= 0.3 is 6.09 Å². The topological polar surface area (TPSA) is 173 Å². The van der Waals surface area contributed by atoms with Crippen molar-refractivity contribution in [3.63, 3.8) is 0 Å². The van der Waals surface area contributed by atoms with Crippen LogP contribution < -0.4 is 20.1 Å². The number of amides is 4. The Morgan fingerprint density at radius 2 is 1.77 bits per heavy atom. The van der Waals surface area contributed by atoms with Crippen molar-refractivity contribution >= 4 is 33.8 Å². The van der Waals surface area contributed by atoms with E-state index >= 15 is 0 Å². The number of nitrogens with one attached hydrogen (secondary N) is 3. The summed E-state index contributed by atoms with van der Waals surface area (Å²) >= 11 is 0. The van der Waals surface area contributed by atoms with E-state index in [1.165, 1.54) is 10.5 Å². The number of pyridine rings is 1. The minimum atomic E-state index is -3.98. The largest absolute Gasteiger partial charge is 0.472 e. The van der Waals surface area contributed by atoms with Crippen LogP contribution >= 0.6 is 0 Å². The van der Waals surface area contributed by atoms with Gasteiger partial charge in [0.15, 0.2) is 0 Å². The molecular formula is C42H55N5O8S. The Bertz CT molecular complexity index is 1990. The van der Waals surface area contributed by atoms with E-state index in [2.05, 4.69) is 21.4 Å². The quantitative estimate of drug-likeness (QED) is 0.317. The normalized spacial score (nSPS) is 28.2. The van der Waals surface area contributed by atoms with Crippen LogP contribution in [-0.4, -0.2) is 82.7 Å². The standard InChI is InChI=1S/C42H55N5O8S/c1-40(2,3)55-39(51)44-32-20-12-7-5-6-11-18-29-25-42(29,38(50)46-56(52,53)41(4)21-22-41)45-35(48)34-24-30(26-47(34)37(32)49)54-36-31-19-14-13-17-28(31)23-33(43-36)27-15-9-8-10-16-27/h8-11,15-16,18,23,29-30,32,34H,5-7,12-14,17,19-22,24-26H2,1-4H3,(H,44,51)(H,45,48)(H,46,50)/b18-11-/t29-,30-,32+,34+,42-/m1/s1. The van der Waals surface area contributed by atoms with Gasteiger partial charge < -0.3 is 25.0 Å². The van der Waals surface area contributed by atoms with Gasteiger partial charge in [-0.05, 0) is 104 Å². The molecule has 5 aliphatic rings. The van der Waals surface area contributed by atoms with Crippen LogP contribution in [0.25, 0.3) is 11.3 Å². The average molecular weight is 790 g/mol. The van der Waals surface area contributed by atoms with E-state index in [0.29, 0.717) is 38.0 Å². The van der Waals surface area contributed by atoms with E-state index in [-0.39, 0.29) is 19.4 Å². The molecule has 3 fully saturated rings. The van der Waals surface area contributed by atoms with Crippen LogP contribution in [0.5, 0.6) is 5.88 Å². The second-order valence-electron chi connectivity index (χ2n) is 17.4. The maximum atomic E-state index is 14.6. The van der Waals surface area contributed by atoms with Gasteiger partial charge in [-0.1, -0.05) is 55.3 Å². The van der Waals surface area contributed by atoms with Crippen molar-refractivity contribution in [2.24, 2.45) is 5.92 Å². The SMILES string of the molecule is CC(C)(C)OC(=O)N[C@H]1CCCCC/C=C\[C@@H]2C[C@@]2(C(=O)NS(=O)(=O)C2(C)CC2)NC(=O)[C@@H]2C[C@@H](Oc3nc(-c4ccccc4)cc4c3CCCC4)CN2C1=O. The summed E-state index contributed by atoms with van der Waals surface area (Å²) in [6.45, 7) is 6.87. The first-order valence-corrected chi connectivity index (χ1v) is 21.7. The van der Waals surface area contributed by atoms with Gasteiger partial charge in [0.25, 0.3) is 5.91 Å². The van der Waals surface area contributed by atoms with Gasteiger partial charge in [-0.3, -0.25) is 19.1 Å². The fourth-order valence-electron chi connectivity index (χ4n) is 8.11. The lowest BCUT2D eigenvalue weighted by molar-refractivity contribution is -0.141. The van der Waals surface area contributed by atoms with Crippen LogP contribution in [0.3, 0.4) is 0 Å². The number of allylic oxidation sites excluding steroid dienone is 1. The molecule has 7 rings (SSSR count). The van der Waals surface area contributed by atoms with Gasteiger partial charge in [0, 0.05) is 23.5 Å². The number of sulfonamides is 1. The van der Waals surface area contributed by atoms with E-state index in [1.807, 2.05) is 42.5 Å². The summed E-state index contributed by atoms with van der Waals surface area (Å²) in [5.74, 6) is -1.77. The fourth-order valence-corrected chi connectivity index (χ4v) is 9.43. The van der Waals surface area contributed by atoms with E-state index in [0.717, 1.165) is 55.3 Å². The summed E-state index contributed by atoms with van der Waals surface area (Å²) in [6.07, 6.45) is 10.7. The Balaban J connectivity index is 1.21. The van der Waals surface area contributed by atoms with E-state index in [4.69, 9.17) is 14.5 Å². The maximum absolute atomic E-state index is 14.6. The Kier molecular flexibility index (Phi) is 11.0. The van der Waals surface area contributed by atoms with Crippen LogP contribution in [0.4, 0.5) is 4.79 Å². The van der Waals surface area contributed by atoms with Crippen LogP contribution in [0.2, 0.25) is 0 Å². The molecule has 302 valence electrons. The highest BCUT2D eigenvalue weighted by Crippen LogP contribution is 2.47. The highest BCUT2D eigenvalue weighted by Gasteiger charge is 2.63. The number of aryl methyl sites for hydroxylation is 1. The van der Waals surface area contributed by atoms with Gasteiger partial charge in [-0.15, -0.1) is 0 Å². The van der Waals surface area contributed by atoms with Crippen LogP contribution in [-0.2, 0) is 42.0 Å². The number of hydrogen-bond donors (Lipinski definition) is 3. The Hall–Kier alpha value is -4.46. The van der Waals surface area contributed by atoms with Gasteiger partial charge in [0.2, 0.25) is 27.7 Å². The number of rotatable bonds is 7. The van der Waals surface area contributed by atoms with Gasteiger partial charge in [-0.2, -0.15) is 0 Å². The van der Waals surface area contributed by atoms with E-state index in [9.17, 15) is 27.6 Å². The molecule has 5 atom stereocenters. The molecule has 3 N–H and O–H groups in total. The zero-order chi connectivity index (χ0) is 39.9. The number of carbonyl (C=O) groups is 4. The maximum Gasteiger partial charge on any atom is 0.408 e. The molecule has 1 saturated heterocycles. The lowest BCUT2D eigenvalue weighted by Crippen LogP contribution is -2.58. The van der Waals surface area contributed by atoms with Crippen molar-refractivity contribution in [3.8, 4) is 17.1 Å². The number of aromatic nitrogens is 1. The lowest BCUT2D eigenvalue weighted by Gasteiger charge is -2.30. The molecule has 13 nitrogen and oxygen atoms in total. The zero-order valence-corrected chi connectivity index (χ0v) is 33.7. The molecule has 2 aliphatic heterocycles. The van der Waals surface area contributed by atoms with Crippen molar-refractivity contribution in [3.05, 3.63) is 59.7 Å². The molecule has 0 spiro atoms. The second-order valence-corrected chi connectivity index (χ2v) is 19.6. The third-order valence-electron chi connectivity index (χ3n) is 11.8. The van der Waals surface area contributed by atoms with Crippen molar-refractivity contribution < 1.29 is 37.1 Å². The fraction of sp³-hybridized carbons (Fsp3) is 0.595. The summed E-state index contributed by atoms with van der Waals surface area (Å²) in [5.41, 5.74) is 1.62. The Morgan fingerprint density at radius 3 is 2.50 bits per heavy atom. The lowest BCUT2D eigenvalue weighted by atomic mass is 9.91. The molecule has 56 heavy (non-hydrogen) atoms. The predicted molar refractivity (Wildman–Crippen MR) is 210 cm³/mol. The predicted octanol–water partition coefficient (Wildman–Crippen LogP) is 5.26. The zero-order valence-electron chi connectivity index (χ0n) is 32.9. The van der Waals surface area contributed by atoms with E-state index < -0.39 is 73.8 Å². The highest BCUT2D eigenvalue weighted by atomic mass is 32.2. The molecule has 14 heteroatoms. The molecule has 0 unspecified atom stereocenters. The number of hydrogen-bond acceptors (Lipinski definition) is 9. The summed E-state index contributed by atoms with van der Waals surface area (Å²) in [6, 6.07) is 9.91. The summed E-state index contributed by atoms with van der Waals surface area (Å²) in [4.78, 5) is 62.6. The molecule has 1 aromatic heterocycles. The third-order valence-corrected chi connectivity index (χ3v) is 14.0. The van der Waals surface area contributed by atoms with Gasteiger partial charge in [-0.25, -0.2) is 18.2 Å². The first kappa shape index (κ1) is 39.8. The minimum Gasteiger partial charge on any atom is -0.472 e. The minimum absolute atomic E-state index is 0.0324. The van der Waals surface area contributed by atoms with Gasteiger partial charge in [0.1, 0.15) is 29.3 Å². The summed E-state index contributed by atoms with van der Waals surface area (Å²) < 4.78 is 39.9. The molecule has 0 bridgehead atoms. The molecule has 3 aliphatic carbocycles.